The number of piperazine rings is 1. The van der Waals surface area contributed by atoms with E-state index in [9.17, 15) is 10.1 Å². The van der Waals surface area contributed by atoms with Crippen LogP contribution >= 0.6 is 15.9 Å². The molecule has 1 fully saturated rings. The molecule has 2 heterocycles. The molecule has 0 unspecified atom stereocenters. The molecule has 0 bridgehead atoms. The molecule has 1 saturated heterocycles. The molecular weight excluding hydrogens is 402 g/mol. The number of halogens is 1. The van der Waals surface area contributed by atoms with Gasteiger partial charge in [0, 0.05) is 55.0 Å². The maximum atomic E-state index is 11.0. The van der Waals surface area contributed by atoms with Gasteiger partial charge in [-0.2, -0.15) is 0 Å². The molecule has 0 radical (unpaired) electrons. The lowest BCUT2D eigenvalue weighted by atomic mass is 10.1. The van der Waals surface area contributed by atoms with E-state index in [4.69, 9.17) is 9.47 Å². The largest absolute Gasteiger partial charge is 0.454 e. The van der Waals surface area contributed by atoms with Crippen molar-refractivity contribution < 1.29 is 14.4 Å². The molecule has 2 aliphatic heterocycles. The van der Waals surface area contributed by atoms with Crippen LogP contribution in [0.5, 0.6) is 11.5 Å². The summed E-state index contributed by atoms with van der Waals surface area (Å²) in [4.78, 5) is 15.2. The Balaban J connectivity index is 1.40. The SMILES string of the molecule is O=[N+]([O-])c1cccc(N2CCN(Cc3cc4c(cc3Br)OCO4)CC2)c1. The summed E-state index contributed by atoms with van der Waals surface area (Å²) in [6.07, 6.45) is 0. The molecule has 2 aromatic carbocycles. The van der Waals surface area contributed by atoms with Gasteiger partial charge in [0.25, 0.3) is 5.69 Å². The van der Waals surface area contributed by atoms with Crippen molar-refractivity contribution in [2.75, 3.05) is 37.9 Å². The Labute approximate surface area is 159 Å². The van der Waals surface area contributed by atoms with Crippen LogP contribution in [-0.4, -0.2) is 42.8 Å². The summed E-state index contributed by atoms with van der Waals surface area (Å²) >= 11 is 3.61. The van der Waals surface area contributed by atoms with Crippen LogP contribution in [0.4, 0.5) is 11.4 Å². The van der Waals surface area contributed by atoms with E-state index in [0.717, 1.165) is 59.9 Å². The van der Waals surface area contributed by atoms with E-state index in [1.165, 1.54) is 6.07 Å². The average molecular weight is 420 g/mol. The number of nitro benzene ring substituents is 1. The molecule has 26 heavy (non-hydrogen) atoms. The number of anilines is 1. The van der Waals surface area contributed by atoms with Gasteiger partial charge in [-0.25, -0.2) is 0 Å². The van der Waals surface area contributed by atoms with E-state index < -0.39 is 0 Å². The predicted molar refractivity (Wildman–Crippen MR) is 101 cm³/mol. The third-order valence-corrected chi connectivity index (χ3v) is 5.45. The van der Waals surface area contributed by atoms with Crippen molar-refractivity contribution in [1.82, 2.24) is 4.90 Å². The lowest BCUT2D eigenvalue weighted by molar-refractivity contribution is -0.384. The van der Waals surface area contributed by atoms with Crippen LogP contribution in [0.15, 0.2) is 40.9 Å². The van der Waals surface area contributed by atoms with Crippen molar-refractivity contribution in [3.05, 3.63) is 56.5 Å². The molecule has 0 atom stereocenters. The number of nitrogens with zero attached hydrogens (tertiary/aromatic N) is 3. The molecule has 4 rings (SSSR count). The van der Waals surface area contributed by atoms with Gasteiger partial charge in [-0.05, 0) is 23.8 Å². The fraction of sp³-hybridized carbons (Fsp3) is 0.333. The number of hydrogen-bond acceptors (Lipinski definition) is 6. The van der Waals surface area contributed by atoms with Crippen molar-refractivity contribution in [3.63, 3.8) is 0 Å². The highest BCUT2D eigenvalue weighted by atomic mass is 79.9. The smallest absolute Gasteiger partial charge is 0.271 e. The highest BCUT2D eigenvalue weighted by molar-refractivity contribution is 9.10. The first kappa shape index (κ1) is 17.1. The lowest BCUT2D eigenvalue weighted by Gasteiger charge is -2.36. The van der Waals surface area contributed by atoms with Crippen LogP contribution in [-0.2, 0) is 6.54 Å². The highest BCUT2D eigenvalue weighted by Crippen LogP contribution is 2.37. The lowest BCUT2D eigenvalue weighted by Crippen LogP contribution is -2.46. The topological polar surface area (TPSA) is 68.1 Å². The first-order valence-electron chi connectivity index (χ1n) is 8.40. The fourth-order valence-corrected chi connectivity index (χ4v) is 3.74. The Morgan fingerprint density at radius 2 is 1.81 bits per heavy atom. The fourth-order valence-electron chi connectivity index (χ4n) is 3.29. The van der Waals surface area contributed by atoms with E-state index in [0.29, 0.717) is 0 Å². The second-order valence-corrected chi connectivity index (χ2v) is 7.19. The van der Waals surface area contributed by atoms with Crippen molar-refractivity contribution in [2.45, 2.75) is 6.54 Å². The van der Waals surface area contributed by atoms with Crippen molar-refractivity contribution in [1.29, 1.82) is 0 Å². The number of hydrogen-bond donors (Lipinski definition) is 0. The zero-order valence-corrected chi connectivity index (χ0v) is 15.6. The predicted octanol–water partition coefficient (Wildman–Crippen LogP) is 3.41. The summed E-state index contributed by atoms with van der Waals surface area (Å²) < 4.78 is 11.9. The van der Waals surface area contributed by atoms with Crippen molar-refractivity contribution in [2.24, 2.45) is 0 Å². The minimum Gasteiger partial charge on any atom is -0.454 e. The van der Waals surface area contributed by atoms with Crippen LogP contribution in [0.3, 0.4) is 0 Å². The van der Waals surface area contributed by atoms with Gasteiger partial charge in [0.1, 0.15) is 0 Å². The van der Waals surface area contributed by atoms with Crippen LogP contribution in [0.1, 0.15) is 5.56 Å². The van der Waals surface area contributed by atoms with Gasteiger partial charge in [0.05, 0.1) is 4.92 Å². The Hall–Kier alpha value is -2.32. The first-order valence-corrected chi connectivity index (χ1v) is 9.19. The zero-order chi connectivity index (χ0) is 18.1. The summed E-state index contributed by atoms with van der Waals surface area (Å²) in [6.45, 7) is 4.55. The summed E-state index contributed by atoms with van der Waals surface area (Å²) in [5.41, 5.74) is 2.20. The Morgan fingerprint density at radius 3 is 2.54 bits per heavy atom. The molecule has 0 aromatic heterocycles. The van der Waals surface area contributed by atoms with Gasteiger partial charge in [0.2, 0.25) is 6.79 Å². The highest BCUT2D eigenvalue weighted by Gasteiger charge is 2.21. The molecule has 8 heteroatoms. The number of rotatable bonds is 4. The summed E-state index contributed by atoms with van der Waals surface area (Å²) in [5.74, 6) is 1.56. The third kappa shape index (κ3) is 3.47. The van der Waals surface area contributed by atoms with E-state index in [-0.39, 0.29) is 17.4 Å². The summed E-state index contributed by atoms with van der Waals surface area (Å²) in [6, 6.07) is 10.8. The van der Waals surface area contributed by atoms with Gasteiger partial charge >= 0.3 is 0 Å². The van der Waals surface area contributed by atoms with Crippen LogP contribution in [0.2, 0.25) is 0 Å². The number of benzene rings is 2. The second kappa shape index (κ2) is 7.13. The Kier molecular flexibility index (Phi) is 4.69. The van der Waals surface area contributed by atoms with Crippen molar-refractivity contribution >= 4 is 27.3 Å². The minimum atomic E-state index is -0.350. The molecule has 136 valence electrons. The standard InChI is InChI=1S/C18H18BrN3O4/c19-16-10-18-17(25-12-26-18)8-13(16)11-20-4-6-21(7-5-20)14-2-1-3-15(9-14)22(23)24/h1-3,8-10H,4-7,11-12H2. The maximum absolute atomic E-state index is 11.0. The monoisotopic (exact) mass is 419 g/mol. The second-order valence-electron chi connectivity index (χ2n) is 6.34. The van der Waals surface area contributed by atoms with Gasteiger partial charge in [-0.1, -0.05) is 22.0 Å². The number of ether oxygens (including phenoxy) is 2. The van der Waals surface area contributed by atoms with Crippen LogP contribution in [0, 0.1) is 10.1 Å². The molecule has 2 aliphatic rings. The molecule has 7 nitrogen and oxygen atoms in total. The summed E-state index contributed by atoms with van der Waals surface area (Å²) in [7, 11) is 0. The van der Waals surface area contributed by atoms with E-state index in [1.54, 1.807) is 12.1 Å². The van der Waals surface area contributed by atoms with E-state index >= 15 is 0 Å². The molecule has 0 aliphatic carbocycles. The minimum absolute atomic E-state index is 0.134. The molecule has 0 N–H and O–H groups in total. The normalized spacial score (nSPS) is 16.7. The molecule has 0 amide bonds. The van der Waals surface area contributed by atoms with Crippen molar-refractivity contribution in [3.8, 4) is 11.5 Å². The Bertz CT molecular complexity index is 837. The number of fused-ring (bicyclic) bond motifs is 1. The zero-order valence-electron chi connectivity index (χ0n) is 14.1. The van der Waals surface area contributed by atoms with E-state index in [2.05, 4.69) is 25.7 Å². The van der Waals surface area contributed by atoms with Gasteiger partial charge < -0.3 is 14.4 Å². The quantitative estimate of drug-likeness (QED) is 0.558. The first-order chi connectivity index (χ1) is 12.6. The Morgan fingerprint density at radius 1 is 1.08 bits per heavy atom. The third-order valence-electron chi connectivity index (χ3n) is 4.71. The van der Waals surface area contributed by atoms with Crippen LogP contribution < -0.4 is 14.4 Å². The summed E-state index contributed by atoms with van der Waals surface area (Å²) in [5, 5.41) is 11.0. The van der Waals surface area contributed by atoms with Gasteiger partial charge in [-0.3, -0.25) is 15.0 Å². The molecular formula is C18H18BrN3O4. The molecule has 0 saturated carbocycles. The maximum Gasteiger partial charge on any atom is 0.271 e. The van der Waals surface area contributed by atoms with Gasteiger partial charge in [0.15, 0.2) is 11.5 Å². The average Bonchev–Trinajstić information content (AvgIpc) is 3.10. The molecule has 2 aromatic rings. The molecule has 0 spiro atoms. The van der Waals surface area contributed by atoms with Gasteiger partial charge in [-0.15, -0.1) is 0 Å². The van der Waals surface area contributed by atoms with E-state index in [1.807, 2.05) is 18.2 Å². The van der Waals surface area contributed by atoms with Crippen LogP contribution in [0.25, 0.3) is 0 Å². The number of non-ortho nitro benzene ring substituents is 1. The number of nitro groups is 1.